The Kier molecular flexibility index (Phi) is 6.68. The number of nitrogens with zero attached hydrogens (tertiary/aromatic N) is 2. The van der Waals surface area contributed by atoms with E-state index in [1.54, 1.807) is 19.4 Å². The fourth-order valence-corrected chi connectivity index (χ4v) is 4.89. The number of carbonyl (C=O) groups is 1. The van der Waals surface area contributed by atoms with Crippen molar-refractivity contribution in [3.8, 4) is 5.75 Å². The highest BCUT2D eigenvalue weighted by molar-refractivity contribution is 5.94. The predicted molar refractivity (Wildman–Crippen MR) is 125 cm³/mol. The van der Waals surface area contributed by atoms with E-state index in [9.17, 15) is 9.18 Å². The summed E-state index contributed by atoms with van der Waals surface area (Å²) in [4.78, 5) is 19.7. The Balaban J connectivity index is 1.40. The van der Waals surface area contributed by atoms with E-state index >= 15 is 0 Å². The number of methoxy groups -OCH3 is 1. The summed E-state index contributed by atoms with van der Waals surface area (Å²) >= 11 is 0. The number of rotatable bonds is 8. The third-order valence-electron chi connectivity index (χ3n) is 6.76. The second-order valence-corrected chi connectivity index (χ2v) is 9.83. The first-order valence-electron chi connectivity index (χ1n) is 11.7. The number of anilines is 1. The lowest BCUT2D eigenvalue weighted by atomic mass is 9.88. The molecule has 1 aliphatic carbocycles. The first-order valence-corrected chi connectivity index (χ1v) is 11.7. The van der Waals surface area contributed by atoms with Crippen LogP contribution in [0.25, 0.3) is 0 Å². The van der Waals surface area contributed by atoms with Gasteiger partial charge in [-0.15, -0.1) is 0 Å². The Labute approximate surface area is 190 Å². The summed E-state index contributed by atoms with van der Waals surface area (Å²) in [6, 6.07) is 8.41. The maximum Gasteiger partial charge on any atom is 0.270 e. The molecule has 0 radical (unpaired) electrons. The molecule has 1 aromatic carbocycles. The maximum absolute atomic E-state index is 13.8. The molecule has 1 saturated carbocycles. The molecule has 2 fully saturated rings. The number of nitrogens with one attached hydrogen (secondary N) is 1. The molecule has 2 aromatic rings. The molecular weight excluding hydrogens is 405 g/mol. The van der Waals surface area contributed by atoms with Gasteiger partial charge in [0.05, 0.1) is 7.11 Å². The van der Waals surface area contributed by atoms with Gasteiger partial charge in [-0.2, -0.15) is 0 Å². The summed E-state index contributed by atoms with van der Waals surface area (Å²) in [5.74, 6) is 1.71. The Morgan fingerprint density at radius 3 is 2.66 bits per heavy atom. The SMILES string of the molecule is COc1ccc(F)cc1CC1(NC(=O)c2cc(N3CCC(CC(C)C)CC3)ccn2)CC1. The smallest absolute Gasteiger partial charge is 0.270 e. The summed E-state index contributed by atoms with van der Waals surface area (Å²) in [5, 5.41) is 3.16. The maximum atomic E-state index is 13.8. The first-order chi connectivity index (χ1) is 15.4. The molecule has 4 rings (SSSR count). The minimum absolute atomic E-state index is 0.172. The van der Waals surface area contributed by atoms with Gasteiger partial charge in [0.1, 0.15) is 17.3 Å². The first kappa shape index (κ1) is 22.6. The van der Waals surface area contributed by atoms with E-state index < -0.39 is 0 Å². The standard InChI is InChI=1S/C26H34FN3O2/c1-18(2)14-19-7-12-30(13-8-19)22-6-11-28-23(16-22)25(31)29-26(9-10-26)17-20-15-21(27)4-5-24(20)32-3/h4-6,11,15-16,18-19H,7-10,12-14,17H2,1-3H3,(H,29,31). The number of carbonyl (C=O) groups excluding carboxylic acids is 1. The van der Waals surface area contributed by atoms with E-state index in [0.717, 1.165) is 49.0 Å². The van der Waals surface area contributed by atoms with Crippen molar-refractivity contribution in [1.29, 1.82) is 0 Å². The molecule has 1 N–H and O–H groups in total. The average molecular weight is 440 g/mol. The van der Waals surface area contributed by atoms with Gasteiger partial charge < -0.3 is 15.0 Å². The van der Waals surface area contributed by atoms with Gasteiger partial charge in [0.15, 0.2) is 0 Å². The second kappa shape index (κ2) is 9.47. The van der Waals surface area contributed by atoms with E-state index in [4.69, 9.17) is 4.74 Å². The highest BCUT2D eigenvalue weighted by Gasteiger charge is 2.45. The average Bonchev–Trinajstić information content (AvgIpc) is 3.53. The number of pyridine rings is 1. The lowest BCUT2D eigenvalue weighted by Gasteiger charge is -2.34. The van der Waals surface area contributed by atoms with Gasteiger partial charge in [0.2, 0.25) is 0 Å². The van der Waals surface area contributed by atoms with Gasteiger partial charge in [-0.3, -0.25) is 9.78 Å². The second-order valence-electron chi connectivity index (χ2n) is 9.83. The number of halogens is 1. The largest absolute Gasteiger partial charge is 0.496 e. The lowest BCUT2D eigenvalue weighted by molar-refractivity contribution is 0.0926. The van der Waals surface area contributed by atoms with Crippen LogP contribution in [0.5, 0.6) is 5.75 Å². The third-order valence-corrected chi connectivity index (χ3v) is 6.76. The molecule has 1 saturated heterocycles. The number of hydrogen-bond acceptors (Lipinski definition) is 4. The van der Waals surface area contributed by atoms with Crippen LogP contribution in [-0.2, 0) is 6.42 Å². The van der Waals surface area contributed by atoms with Crippen LogP contribution in [-0.4, -0.2) is 36.6 Å². The van der Waals surface area contributed by atoms with Gasteiger partial charge in [0, 0.05) is 30.5 Å². The molecular formula is C26H34FN3O2. The van der Waals surface area contributed by atoms with Crippen molar-refractivity contribution in [3.05, 3.63) is 53.6 Å². The summed E-state index contributed by atoms with van der Waals surface area (Å²) in [6.45, 7) is 6.62. The molecule has 0 unspecified atom stereocenters. The minimum atomic E-state index is -0.356. The lowest BCUT2D eigenvalue weighted by Crippen LogP contribution is -2.39. The quantitative estimate of drug-likeness (QED) is 0.629. The predicted octanol–water partition coefficient (Wildman–Crippen LogP) is 5.00. The van der Waals surface area contributed by atoms with Crippen LogP contribution in [0.4, 0.5) is 10.1 Å². The fourth-order valence-electron chi connectivity index (χ4n) is 4.89. The Morgan fingerprint density at radius 1 is 1.25 bits per heavy atom. The summed E-state index contributed by atoms with van der Waals surface area (Å²) < 4.78 is 19.1. The van der Waals surface area contributed by atoms with Crippen molar-refractivity contribution in [2.24, 2.45) is 11.8 Å². The van der Waals surface area contributed by atoms with Gasteiger partial charge in [-0.05, 0) is 86.3 Å². The van der Waals surface area contributed by atoms with Crippen molar-refractivity contribution < 1.29 is 13.9 Å². The van der Waals surface area contributed by atoms with Crippen LogP contribution in [0.3, 0.4) is 0 Å². The van der Waals surface area contributed by atoms with Crippen LogP contribution in [0.15, 0.2) is 36.5 Å². The van der Waals surface area contributed by atoms with E-state index in [1.807, 2.05) is 12.1 Å². The summed E-state index contributed by atoms with van der Waals surface area (Å²) in [6.07, 6.45) is 7.67. The van der Waals surface area contributed by atoms with Gasteiger partial charge in [-0.25, -0.2) is 4.39 Å². The summed E-state index contributed by atoms with van der Waals surface area (Å²) in [5.41, 5.74) is 1.91. The van der Waals surface area contributed by atoms with Crippen molar-refractivity contribution in [2.45, 2.75) is 57.9 Å². The molecule has 5 nitrogen and oxygen atoms in total. The minimum Gasteiger partial charge on any atom is -0.496 e. The topological polar surface area (TPSA) is 54.5 Å². The third kappa shape index (κ3) is 5.40. The number of piperidine rings is 1. The zero-order chi connectivity index (χ0) is 22.7. The van der Waals surface area contributed by atoms with E-state index in [-0.39, 0.29) is 17.3 Å². The number of hydrogen-bond donors (Lipinski definition) is 1. The molecule has 0 bridgehead atoms. The fraction of sp³-hybridized carbons (Fsp3) is 0.538. The van der Waals surface area contributed by atoms with Crippen LogP contribution in [0.2, 0.25) is 0 Å². The van der Waals surface area contributed by atoms with E-state index in [1.165, 1.54) is 31.4 Å². The zero-order valence-corrected chi connectivity index (χ0v) is 19.4. The number of amides is 1. The molecule has 1 aromatic heterocycles. The van der Waals surface area contributed by atoms with Crippen LogP contribution in [0.1, 0.15) is 62.0 Å². The number of aromatic nitrogens is 1. The van der Waals surface area contributed by atoms with Crippen molar-refractivity contribution in [2.75, 3.05) is 25.1 Å². The molecule has 0 atom stereocenters. The Bertz CT molecular complexity index is 950. The number of ether oxygens (including phenoxy) is 1. The van der Waals surface area contributed by atoms with Crippen LogP contribution < -0.4 is 15.0 Å². The molecule has 1 aliphatic heterocycles. The van der Waals surface area contributed by atoms with Gasteiger partial charge >= 0.3 is 0 Å². The van der Waals surface area contributed by atoms with E-state index in [0.29, 0.717) is 17.9 Å². The van der Waals surface area contributed by atoms with Crippen LogP contribution >= 0.6 is 0 Å². The van der Waals surface area contributed by atoms with Gasteiger partial charge in [-0.1, -0.05) is 13.8 Å². The molecule has 0 spiro atoms. The van der Waals surface area contributed by atoms with Crippen molar-refractivity contribution >= 4 is 11.6 Å². The van der Waals surface area contributed by atoms with Crippen LogP contribution in [0, 0.1) is 17.7 Å². The van der Waals surface area contributed by atoms with Crippen molar-refractivity contribution in [3.63, 3.8) is 0 Å². The normalized spacial score (nSPS) is 18.0. The highest BCUT2D eigenvalue weighted by atomic mass is 19.1. The monoisotopic (exact) mass is 439 g/mol. The van der Waals surface area contributed by atoms with Gasteiger partial charge in [0.25, 0.3) is 5.91 Å². The number of benzene rings is 1. The highest BCUT2D eigenvalue weighted by Crippen LogP contribution is 2.41. The molecule has 6 heteroatoms. The zero-order valence-electron chi connectivity index (χ0n) is 19.4. The molecule has 2 heterocycles. The van der Waals surface area contributed by atoms with E-state index in [2.05, 4.69) is 29.0 Å². The van der Waals surface area contributed by atoms with Crippen molar-refractivity contribution in [1.82, 2.24) is 10.3 Å². The molecule has 32 heavy (non-hydrogen) atoms. The summed E-state index contributed by atoms with van der Waals surface area (Å²) in [7, 11) is 1.58. The Hall–Kier alpha value is -2.63. The molecule has 2 aliphatic rings. The molecule has 172 valence electrons. The Morgan fingerprint density at radius 2 is 2.00 bits per heavy atom. The molecule has 1 amide bonds.